The van der Waals surface area contributed by atoms with Crippen LogP contribution in [0.5, 0.6) is 0 Å². The molecule has 0 spiro atoms. The highest BCUT2D eigenvalue weighted by atomic mass is 35.5. The summed E-state index contributed by atoms with van der Waals surface area (Å²) < 4.78 is 14.2. The van der Waals surface area contributed by atoms with Crippen molar-refractivity contribution >= 4 is 18.1 Å². The minimum absolute atomic E-state index is 0. The third-order valence-corrected chi connectivity index (χ3v) is 4.08. The van der Waals surface area contributed by atoms with Crippen molar-refractivity contribution in [2.45, 2.75) is 18.9 Å². The molecule has 0 aliphatic carbocycles. The zero-order valence-corrected chi connectivity index (χ0v) is 14.8. The van der Waals surface area contributed by atoms with Crippen molar-refractivity contribution in [1.82, 2.24) is 4.90 Å². The Morgan fingerprint density at radius 3 is 2.33 bits per heavy atom. The van der Waals surface area contributed by atoms with Crippen molar-refractivity contribution in [1.29, 1.82) is 0 Å². The van der Waals surface area contributed by atoms with E-state index in [4.69, 9.17) is 4.99 Å². The summed E-state index contributed by atoms with van der Waals surface area (Å²) in [6.07, 6.45) is 1.92. The number of benzene rings is 2. The summed E-state index contributed by atoms with van der Waals surface area (Å²) in [5.41, 5.74) is 3.72. The van der Waals surface area contributed by atoms with E-state index < -0.39 is 0 Å². The number of nitrogens with zero attached hydrogens (tertiary/aromatic N) is 2. The molecule has 3 rings (SSSR count). The van der Waals surface area contributed by atoms with Gasteiger partial charge < -0.3 is 10.4 Å². The predicted molar refractivity (Wildman–Crippen MR) is 100 cm³/mol. The highest BCUT2D eigenvalue weighted by molar-refractivity contribution is 6.14. The summed E-state index contributed by atoms with van der Waals surface area (Å²) in [5, 5.41) is 0. The average Bonchev–Trinajstić information content (AvgIpc) is 2.53. The van der Waals surface area contributed by atoms with Gasteiger partial charge in [-0.3, -0.25) is 4.99 Å². The van der Waals surface area contributed by atoms with Gasteiger partial charge in [0.15, 0.2) is 0 Å². The van der Waals surface area contributed by atoms with Crippen molar-refractivity contribution in [3.8, 4) is 0 Å². The third-order valence-electron chi connectivity index (χ3n) is 4.08. The van der Waals surface area contributed by atoms with Gasteiger partial charge in [-0.2, -0.15) is 0 Å². The van der Waals surface area contributed by atoms with Gasteiger partial charge in [-0.05, 0) is 51.2 Å². The molecule has 0 amide bonds. The molecule has 1 aliphatic rings. The van der Waals surface area contributed by atoms with Crippen LogP contribution in [0.15, 0.2) is 53.5 Å². The van der Waals surface area contributed by atoms with E-state index in [1.807, 2.05) is 30.3 Å². The van der Waals surface area contributed by atoms with E-state index in [2.05, 4.69) is 25.1 Å². The molecule has 0 fully saturated rings. The van der Waals surface area contributed by atoms with Crippen molar-refractivity contribution in [2.75, 3.05) is 20.6 Å². The van der Waals surface area contributed by atoms with Gasteiger partial charge in [-0.1, -0.05) is 36.4 Å². The maximum atomic E-state index is 14.2. The predicted octanol–water partition coefficient (Wildman–Crippen LogP) is 3.14. The molecule has 1 atom stereocenters. The Bertz CT molecular complexity index is 703. The Balaban J connectivity index is 0.00000144. The van der Waals surface area contributed by atoms with Crippen LogP contribution in [0.25, 0.3) is 0 Å². The number of aliphatic imine (C=N–C) groups is 1. The molecule has 2 aromatic rings. The highest BCUT2D eigenvalue weighted by Gasteiger charge is 2.23. The second-order valence-electron chi connectivity index (χ2n) is 6.06. The fourth-order valence-electron chi connectivity index (χ4n) is 2.92. The van der Waals surface area contributed by atoms with Crippen LogP contribution >= 0.6 is 12.4 Å². The molecule has 0 saturated heterocycles. The molecule has 2 N–H and O–H groups in total. The van der Waals surface area contributed by atoms with Crippen LogP contribution in [0, 0.1) is 5.82 Å². The van der Waals surface area contributed by atoms with Gasteiger partial charge in [-0.25, -0.2) is 4.39 Å². The van der Waals surface area contributed by atoms with Gasteiger partial charge in [0.25, 0.3) is 0 Å². The molecule has 0 saturated carbocycles. The van der Waals surface area contributed by atoms with E-state index in [0.29, 0.717) is 5.56 Å². The van der Waals surface area contributed by atoms with Crippen molar-refractivity contribution in [2.24, 2.45) is 4.99 Å². The first-order chi connectivity index (χ1) is 10.6. The van der Waals surface area contributed by atoms with Crippen LogP contribution in [0.4, 0.5) is 4.39 Å². The van der Waals surface area contributed by atoms with Crippen LogP contribution < -0.4 is 0 Å². The Morgan fingerprint density at radius 2 is 1.67 bits per heavy atom. The number of hydrogen-bond donors (Lipinski definition) is 0. The summed E-state index contributed by atoms with van der Waals surface area (Å²) in [7, 11) is 4.14. The molecule has 24 heavy (non-hydrogen) atoms. The quantitative estimate of drug-likeness (QED) is 0.835. The largest absolute Gasteiger partial charge is 0.412 e. The molecule has 0 aromatic heterocycles. The van der Waals surface area contributed by atoms with Crippen molar-refractivity contribution in [3.63, 3.8) is 0 Å². The van der Waals surface area contributed by atoms with E-state index >= 15 is 0 Å². The van der Waals surface area contributed by atoms with Crippen LogP contribution in [0.3, 0.4) is 0 Å². The Labute approximate surface area is 148 Å². The fourth-order valence-corrected chi connectivity index (χ4v) is 2.92. The maximum Gasteiger partial charge on any atom is 0.132 e. The zero-order valence-electron chi connectivity index (χ0n) is 14.0. The fraction of sp³-hybridized carbons (Fsp3) is 0.316. The molecule has 130 valence electrons. The lowest BCUT2D eigenvalue weighted by molar-refractivity contribution is 0.379. The third kappa shape index (κ3) is 4.41. The number of rotatable bonds is 4. The molecular weight excluding hydrogens is 327 g/mol. The second kappa shape index (κ2) is 8.92. The van der Waals surface area contributed by atoms with Gasteiger partial charge in [0.2, 0.25) is 0 Å². The molecule has 5 heteroatoms. The molecule has 2 aromatic carbocycles. The van der Waals surface area contributed by atoms with Crippen molar-refractivity contribution in [3.05, 3.63) is 71.0 Å². The Kier molecular flexibility index (Phi) is 7.55. The topological polar surface area (TPSA) is 47.1 Å². The van der Waals surface area contributed by atoms with Gasteiger partial charge in [0, 0.05) is 11.1 Å². The first-order valence-corrected chi connectivity index (χ1v) is 7.71. The van der Waals surface area contributed by atoms with Crippen LogP contribution in [0.1, 0.15) is 23.1 Å². The normalized spacial score (nSPS) is 15.8. The number of fused-ring (bicyclic) bond motifs is 1. The van der Waals surface area contributed by atoms with E-state index in [-0.39, 0.29) is 29.7 Å². The molecule has 1 unspecified atom stereocenters. The number of halogens is 2. The van der Waals surface area contributed by atoms with Crippen LogP contribution in [-0.2, 0) is 6.42 Å². The van der Waals surface area contributed by atoms with Gasteiger partial charge in [-0.15, -0.1) is 12.4 Å². The molecule has 1 heterocycles. The average molecular weight is 351 g/mol. The first-order valence-electron chi connectivity index (χ1n) is 7.71. The van der Waals surface area contributed by atoms with Gasteiger partial charge >= 0.3 is 0 Å². The van der Waals surface area contributed by atoms with E-state index in [1.54, 1.807) is 6.07 Å². The van der Waals surface area contributed by atoms with Gasteiger partial charge in [0.05, 0.1) is 11.8 Å². The SMILES string of the molecule is CN(C)CCC1Cc2ccccc2C(c2ccccc2F)=N1.Cl.O. The van der Waals surface area contributed by atoms with Crippen LogP contribution in [-0.4, -0.2) is 42.8 Å². The lowest BCUT2D eigenvalue weighted by Crippen LogP contribution is -2.26. The summed E-state index contributed by atoms with van der Waals surface area (Å²) in [6.45, 7) is 0.987. The molecular formula is C19H24ClFN2O. The highest BCUT2D eigenvalue weighted by Crippen LogP contribution is 2.25. The standard InChI is InChI=1S/C19H21FN2.ClH.H2O/c1-22(2)12-11-15-13-14-7-3-4-8-16(14)19(21-15)17-9-5-6-10-18(17)20;;/h3-10,15H,11-13H2,1-2H3;1H;1H2. The minimum Gasteiger partial charge on any atom is -0.412 e. The maximum absolute atomic E-state index is 14.2. The lowest BCUT2D eigenvalue weighted by atomic mass is 9.89. The van der Waals surface area contributed by atoms with E-state index in [0.717, 1.165) is 30.7 Å². The van der Waals surface area contributed by atoms with E-state index in [1.165, 1.54) is 11.6 Å². The smallest absolute Gasteiger partial charge is 0.132 e. The van der Waals surface area contributed by atoms with Gasteiger partial charge in [0.1, 0.15) is 5.82 Å². The van der Waals surface area contributed by atoms with Crippen molar-refractivity contribution < 1.29 is 9.87 Å². The molecule has 0 bridgehead atoms. The summed E-state index contributed by atoms with van der Waals surface area (Å²) in [4.78, 5) is 7.04. The number of hydrogen-bond acceptors (Lipinski definition) is 2. The zero-order chi connectivity index (χ0) is 15.5. The van der Waals surface area contributed by atoms with Crippen LogP contribution in [0.2, 0.25) is 0 Å². The first kappa shape index (κ1) is 20.3. The van der Waals surface area contributed by atoms with E-state index in [9.17, 15) is 4.39 Å². The molecule has 3 nitrogen and oxygen atoms in total. The monoisotopic (exact) mass is 350 g/mol. The summed E-state index contributed by atoms with van der Waals surface area (Å²) in [5.74, 6) is -0.204. The Morgan fingerprint density at radius 1 is 1.04 bits per heavy atom. The lowest BCUT2D eigenvalue weighted by Gasteiger charge is -2.25. The second-order valence-corrected chi connectivity index (χ2v) is 6.06. The Hall–Kier alpha value is -1.75. The summed E-state index contributed by atoms with van der Waals surface area (Å²) >= 11 is 0. The minimum atomic E-state index is -0.204. The molecule has 1 aliphatic heterocycles. The summed E-state index contributed by atoms with van der Waals surface area (Å²) in [6, 6.07) is 15.3. The molecule has 0 radical (unpaired) electrons.